The maximum atomic E-state index is 11.0. The average molecular weight is 187 g/mol. The molecular formula is C8H17N3O2. The fraction of sp³-hybridized carbons (Fsp3) is 0.750. The highest BCUT2D eigenvalue weighted by atomic mass is 16.2. The van der Waals surface area contributed by atoms with Crippen molar-refractivity contribution in [1.82, 2.24) is 10.6 Å². The zero-order valence-electron chi connectivity index (χ0n) is 8.09. The number of hydrogen-bond donors (Lipinski definition) is 3. The lowest BCUT2D eigenvalue weighted by Crippen LogP contribution is -2.35. The lowest BCUT2D eigenvalue weighted by atomic mass is 10.3. The molecule has 0 saturated heterocycles. The van der Waals surface area contributed by atoms with Gasteiger partial charge in [-0.05, 0) is 0 Å². The van der Waals surface area contributed by atoms with Crippen LogP contribution in [-0.2, 0) is 9.59 Å². The number of rotatable bonds is 6. The zero-order valence-corrected chi connectivity index (χ0v) is 8.09. The molecule has 0 unspecified atom stereocenters. The number of nitrogens with one attached hydrogen (secondary N) is 2. The van der Waals surface area contributed by atoms with Crippen LogP contribution < -0.4 is 16.4 Å². The number of amides is 2. The smallest absolute Gasteiger partial charge is 0.236 e. The summed E-state index contributed by atoms with van der Waals surface area (Å²) < 4.78 is 0. The van der Waals surface area contributed by atoms with E-state index in [0.29, 0.717) is 19.0 Å². The molecule has 0 aromatic heterocycles. The average Bonchev–Trinajstić information content (AvgIpc) is 2.00. The Morgan fingerprint density at radius 1 is 1.38 bits per heavy atom. The third kappa shape index (κ3) is 8.81. The first-order chi connectivity index (χ1) is 6.02. The van der Waals surface area contributed by atoms with Gasteiger partial charge in [0.25, 0.3) is 0 Å². The third-order valence-corrected chi connectivity index (χ3v) is 1.36. The van der Waals surface area contributed by atoms with Gasteiger partial charge in [0, 0.05) is 19.0 Å². The van der Waals surface area contributed by atoms with Gasteiger partial charge in [0.2, 0.25) is 11.8 Å². The van der Waals surface area contributed by atoms with Gasteiger partial charge in [0.05, 0.1) is 6.54 Å². The van der Waals surface area contributed by atoms with Gasteiger partial charge in [-0.15, -0.1) is 0 Å². The van der Waals surface area contributed by atoms with Crippen LogP contribution in [0.25, 0.3) is 0 Å². The highest BCUT2D eigenvalue weighted by molar-refractivity contribution is 5.83. The van der Waals surface area contributed by atoms with Crippen molar-refractivity contribution in [2.45, 2.75) is 26.3 Å². The van der Waals surface area contributed by atoms with Crippen LogP contribution in [0.5, 0.6) is 0 Å². The minimum atomic E-state index is -0.523. The van der Waals surface area contributed by atoms with E-state index in [0.717, 1.165) is 0 Å². The van der Waals surface area contributed by atoms with Gasteiger partial charge >= 0.3 is 0 Å². The third-order valence-electron chi connectivity index (χ3n) is 1.36. The monoisotopic (exact) mass is 187 g/mol. The molecule has 0 saturated carbocycles. The summed E-state index contributed by atoms with van der Waals surface area (Å²) in [6, 6.07) is 0.365. The quantitative estimate of drug-likeness (QED) is 0.497. The summed E-state index contributed by atoms with van der Waals surface area (Å²) in [6.45, 7) is 4.53. The number of nitrogens with two attached hydrogens (primary N) is 1. The van der Waals surface area contributed by atoms with E-state index in [1.165, 1.54) is 0 Å². The molecular weight excluding hydrogens is 170 g/mol. The second-order valence-corrected chi connectivity index (χ2v) is 3.10. The summed E-state index contributed by atoms with van der Waals surface area (Å²) in [5.41, 5.74) is 4.85. The van der Waals surface area contributed by atoms with E-state index < -0.39 is 5.91 Å². The SMILES string of the molecule is CC(C)NCCC(=O)NCC(N)=O. The molecule has 0 rings (SSSR count). The number of carbonyl (C=O) groups is 2. The van der Waals surface area contributed by atoms with Crippen molar-refractivity contribution in [2.24, 2.45) is 5.73 Å². The lowest BCUT2D eigenvalue weighted by Gasteiger charge is -2.07. The molecule has 0 aliphatic heterocycles. The maximum absolute atomic E-state index is 11.0. The molecule has 5 heteroatoms. The largest absolute Gasteiger partial charge is 0.368 e. The predicted molar refractivity (Wildman–Crippen MR) is 50.0 cm³/mol. The number of primary amides is 1. The standard InChI is InChI=1S/C8H17N3O2/c1-6(2)10-4-3-8(13)11-5-7(9)12/h6,10H,3-5H2,1-2H3,(H2,9,12)(H,11,13). The topological polar surface area (TPSA) is 84.2 Å². The molecule has 0 fully saturated rings. The van der Waals surface area contributed by atoms with Crippen LogP contribution in [0, 0.1) is 0 Å². The van der Waals surface area contributed by atoms with Gasteiger partial charge in [-0.1, -0.05) is 13.8 Å². The van der Waals surface area contributed by atoms with Gasteiger partial charge in [-0.2, -0.15) is 0 Å². The molecule has 13 heavy (non-hydrogen) atoms. The van der Waals surface area contributed by atoms with Crippen molar-refractivity contribution in [3.8, 4) is 0 Å². The van der Waals surface area contributed by atoms with E-state index in [4.69, 9.17) is 5.73 Å². The first-order valence-electron chi connectivity index (χ1n) is 4.30. The Labute approximate surface area is 78.1 Å². The van der Waals surface area contributed by atoms with Gasteiger partial charge in [0.1, 0.15) is 0 Å². The zero-order chi connectivity index (χ0) is 10.3. The normalized spacial score (nSPS) is 10.1. The predicted octanol–water partition coefficient (Wildman–Crippen LogP) is -1.02. The van der Waals surface area contributed by atoms with Crippen molar-refractivity contribution in [1.29, 1.82) is 0 Å². The molecule has 4 N–H and O–H groups in total. The first-order valence-corrected chi connectivity index (χ1v) is 4.30. The number of hydrogen-bond acceptors (Lipinski definition) is 3. The summed E-state index contributed by atoms with van der Waals surface area (Å²) in [7, 11) is 0. The molecule has 0 radical (unpaired) electrons. The van der Waals surface area contributed by atoms with Crippen LogP contribution in [0.2, 0.25) is 0 Å². The van der Waals surface area contributed by atoms with E-state index in [2.05, 4.69) is 10.6 Å². The van der Waals surface area contributed by atoms with Crippen molar-refractivity contribution in [3.05, 3.63) is 0 Å². The summed E-state index contributed by atoms with van der Waals surface area (Å²) in [5, 5.41) is 5.49. The maximum Gasteiger partial charge on any atom is 0.236 e. The first kappa shape index (κ1) is 11.9. The molecule has 0 aliphatic carbocycles. The summed E-state index contributed by atoms with van der Waals surface area (Å²) in [4.78, 5) is 21.2. The number of carbonyl (C=O) groups excluding carboxylic acids is 2. The second kappa shape index (κ2) is 6.42. The Morgan fingerprint density at radius 3 is 2.46 bits per heavy atom. The molecule has 0 bridgehead atoms. The summed E-state index contributed by atoms with van der Waals surface area (Å²) >= 11 is 0. The van der Waals surface area contributed by atoms with Crippen molar-refractivity contribution < 1.29 is 9.59 Å². The molecule has 0 aromatic rings. The minimum absolute atomic E-state index is 0.0828. The molecule has 0 heterocycles. The van der Waals surface area contributed by atoms with Crippen LogP contribution in [0.15, 0.2) is 0 Å². The fourth-order valence-electron chi connectivity index (χ4n) is 0.748. The Kier molecular flexibility index (Phi) is 5.88. The van der Waals surface area contributed by atoms with Crippen LogP contribution in [0.3, 0.4) is 0 Å². The molecule has 0 spiro atoms. The van der Waals surface area contributed by atoms with Crippen LogP contribution in [-0.4, -0.2) is 30.9 Å². The van der Waals surface area contributed by atoms with Crippen LogP contribution in [0.4, 0.5) is 0 Å². The Bertz CT molecular complexity index is 180. The Balaban J connectivity index is 3.36. The lowest BCUT2D eigenvalue weighted by molar-refractivity contribution is -0.124. The molecule has 2 amide bonds. The van der Waals surface area contributed by atoms with Crippen LogP contribution >= 0.6 is 0 Å². The van der Waals surface area contributed by atoms with Gasteiger partial charge < -0.3 is 16.4 Å². The van der Waals surface area contributed by atoms with E-state index >= 15 is 0 Å². The molecule has 0 aromatic carbocycles. The van der Waals surface area contributed by atoms with Crippen molar-refractivity contribution >= 4 is 11.8 Å². The van der Waals surface area contributed by atoms with Gasteiger partial charge in [-0.25, -0.2) is 0 Å². The Hall–Kier alpha value is -1.10. The second-order valence-electron chi connectivity index (χ2n) is 3.10. The van der Waals surface area contributed by atoms with Crippen molar-refractivity contribution in [2.75, 3.05) is 13.1 Å². The Morgan fingerprint density at radius 2 is 2.00 bits per heavy atom. The molecule has 76 valence electrons. The highest BCUT2D eigenvalue weighted by Gasteiger charge is 2.02. The minimum Gasteiger partial charge on any atom is -0.368 e. The molecule has 0 aliphatic rings. The highest BCUT2D eigenvalue weighted by Crippen LogP contribution is 1.80. The van der Waals surface area contributed by atoms with Crippen LogP contribution in [0.1, 0.15) is 20.3 Å². The van der Waals surface area contributed by atoms with Gasteiger partial charge in [0.15, 0.2) is 0 Å². The molecule has 5 nitrogen and oxygen atoms in total. The van der Waals surface area contributed by atoms with E-state index in [1.807, 2.05) is 13.8 Å². The fourth-order valence-corrected chi connectivity index (χ4v) is 0.748. The van der Waals surface area contributed by atoms with E-state index in [1.54, 1.807) is 0 Å². The van der Waals surface area contributed by atoms with E-state index in [-0.39, 0.29) is 12.5 Å². The van der Waals surface area contributed by atoms with E-state index in [9.17, 15) is 9.59 Å². The summed E-state index contributed by atoms with van der Waals surface area (Å²) in [6.07, 6.45) is 0.367. The summed E-state index contributed by atoms with van der Waals surface area (Å²) in [5.74, 6) is -0.683. The van der Waals surface area contributed by atoms with Crippen molar-refractivity contribution in [3.63, 3.8) is 0 Å². The molecule has 0 atom stereocenters. The van der Waals surface area contributed by atoms with Gasteiger partial charge in [-0.3, -0.25) is 9.59 Å².